The quantitative estimate of drug-likeness (QED) is 0.445. The number of aliphatic hydroxyl groups is 1. The summed E-state index contributed by atoms with van der Waals surface area (Å²) in [6.45, 7) is 9.79. The van der Waals surface area contributed by atoms with Crippen molar-refractivity contribution in [3.8, 4) is 0 Å². The number of carbonyl (C=O) groups excluding carboxylic acids is 2. The molecule has 0 aliphatic carbocycles. The monoisotopic (exact) mass is 337 g/mol. The molecule has 1 N–H and O–H groups in total. The number of esters is 1. The second kappa shape index (κ2) is 12.1. The molecule has 0 saturated carbocycles. The van der Waals surface area contributed by atoms with Crippen LogP contribution in [0.25, 0.3) is 0 Å². The lowest BCUT2D eigenvalue weighted by molar-refractivity contribution is -0.139. The molecule has 0 amide bonds. The van der Waals surface area contributed by atoms with Crippen molar-refractivity contribution < 1.29 is 24.2 Å². The summed E-state index contributed by atoms with van der Waals surface area (Å²) in [5, 5.41) is 9.77. The Morgan fingerprint density at radius 3 is 2.33 bits per heavy atom. The molecule has 0 aliphatic rings. The molecule has 0 radical (unpaired) electrons. The smallest absolute Gasteiger partial charge is 0.325 e. The molecule has 1 aromatic rings. The van der Waals surface area contributed by atoms with Gasteiger partial charge in [0.05, 0.1) is 7.11 Å². The summed E-state index contributed by atoms with van der Waals surface area (Å²) < 4.78 is 9.15. The van der Waals surface area contributed by atoms with Gasteiger partial charge in [-0.15, -0.1) is 6.58 Å². The standard InChI is InChI=1S/C14H19NO5.C4H8/c1-11-3-5-12(6-4-11)15(8-14(18)19-2)7-13(17)9-20-10-16;1-4(2)3/h3-6,10,13,17H,7-9H2,1-2H3;1H2,2-3H3. The third-order valence-electron chi connectivity index (χ3n) is 2.73. The maximum atomic E-state index is 11.4. The Kier molecular flexibility index (Phi) is 10.9. The minimum atomic E-state index is -0.883. The van der Waals surface area contributed by atoms with Crippen LogP contribution in [0.3, 0.4) is 0 Å². The number of benzene rings is 1. The van der Waals surface area contributed by atoms with Crippen molar-refractivity contribution in [2.45, 2.75) is 26.9 Å². The molecular weight excluding hydrogens is 310 g/mol. The highest BCUT2D eigenvalue weighted by molar-refractivity contribution is 5.75. The Labute approximate surface area is 143 Å². The largest absolute Gasteiger partial charge is 0.468 e. The zero-order chi connectivity index (χ0) is 18.5. The van der Waals surface area contributed by atoms with Gasteiger partial charge in [0.25, 0.3) is 6.47 Å². The third kappa shape index (κ3) is 10.4. The number of rotatable bonds is 8. The molecule has 6 nitrogen and oxygen atoms in total. The summed E-state index contributed by atoms with van der Waals surface area (Å²) in [5.41, 5.74) is 3.04. The van der Waals surface area contributed by atoms with Crippen LogP contribution in [-0.4, -0.2) is 50.5 Å². The van der Waals surface area contributed by atoms with E-state index in [0.29, 0.717) is 0 Å². The number of nitrogens with zero attached hydrogens (tertiary/aromatic N) is 1. The molecule has 1 atom stereocenters. The molecule has 0 bridgehead atoms. The van der Waals surface area contributed by atoms with Crippen LogP contribution in [-0.2, 0) is 19.1 Å². The van der Waals surface area contributed by atoms with Crippen molar-refractivity contribution in [3.63, 3.8) is 0 Å². The molecule has 1 rings (SSSR count). The summed E-state index contributed by atoms with van der Waals surface area (Å²) in [6, 6.07) is 7.53. The maximum absolute atomic E-state index is 11.4. The normalized spacial score (nSPS) is 10.7. The summed E-state index contributed by atoms with van der Waals surface area (Å²) >= 11 is 0. The Bertz CT molecular complexity index is 509. The highest BCUT2D eigenvalue weighted by Crippen LogP contribution is 2.15. The zero-order valence-electron chi connectivity index (χ0n) is 14.8. The van der Waals surface area contributed by atoms with Crippen LogP contribution in [0.1, 0.15) is 19.4 Å². The predicted molar refractivity (Wildman–Crippen MR) is 93.9 cm³/mol. The van der Waals surface area contributed by atoms with Crippen molar-refractivity contribution in [1.29, 1.82) is 0 Å². The van der Waals surface area contributed by atoms with E-state index >= 15 is 0 Å². The van der Waals surface area contributed by atoms with Gasteiger partial charge in [-0.1, -0.05) is 23.3 Å². The Balaban J connectivity index is 0.00000118. The van der Waals surface area contributed by atoms with Crippen LogP contribution >= 0.6 is 0 Å². The average Bonchev–Trinajstić information content (AvgIpc) is 2.52. The number of aliphatic hydroxyl groups excluding tert-OH is 1. The molecule has 1 aromatic carbocycles. The number of aryl methyl sites for hydroxylation is 1. The highest BCUT2D eigenvalue weighted by Gasteiger charge is 2.16. The number of anilines is 1. The van der Waals surface area contributed by atoms with Gasteiger partial charge in [0.15, 0.2) is 0 Å². The van der Waals surface area contributed by atoms with Crippen LogP contribution in [0.2, 0.25) is 0 Å². The van der Waals surface area contributed by atoms with E-state index in [0.717, 1.165) is 11.3 Å². The van der Waals surface area contributed by atoms with Crippen LogP contribution in [0.5, 0.6) is 0 Å². The lowest BCUT2D eigenvalue weighted by Crippen LogP contribution is -2.38. The fourth-order valence-corrected chi connectivity index (χ4v) is 1.69. The number of methoxy groups -OCH3 is 1. The molecule has 1 unspecified atom stereocenters. The van der Waals surface area contributed by atoms with Crippen molar-refractivity contribution in [3.05, 3.63) is 42.0 Å². The van der Waals surface area contributed by atoms with Gasteiger partial charge < -0.3 is 19.5 Å². The van der Waals surface area contributed by atoms with Gasteiger partial charge in [-0.25, -0.2) is 0 Å². The molecule has 0 aliphatic heterocycles. The molecule has 24 heavy (non-hydrogen) atoms. The molecule has 0 aromatic heterocycles. The summed E-state index contributed by atoms with van der Waals surface area (Å²) in [7, 11) is 1.31. The zero-order valence-corrected chi connectivity index (χ0v) is 14.8. The Morgan fingerprint density at radius 1 is 1.33 bits per heavy atom. The lowest BCUT2D eigenvalue weighted by atomic mass is 10.2. The van der Waals surface area contributed by atoms with Crippen LogP contribution in [0.4, 0.5) is 5.69 Å². The first kappa shape index (κ1) is 21.7. The maximum Gasteiger partial charge on any atom is 0.325 e. The van der Waals surface area contributed by atoms with Gasteiger partial charge in [-0.3, -0.25) is 9.59 Å². The van der Waals surface area contributed by atoms with E-state index in [2.05, 4.69) is 16.1 Å². The van der Waals surface area contributed by atoms with E-state index in [4.69, 9.17) is 0 Å². The molecule has 6 heteroatoms. The van der Waals surface area contributed by atoms with Gasteiger partial charge in [-0.2, -0.15) is 0 Å². The van der Waals surface area contributed by atoms with Crippen molar-refractivity contribution in [2.75, 3.05) is 31.7 Å². The number of ether oxygens (including phenoxy) is 2. The number of hydrogen-bond donors (Lipinski definition) is 1. The highest BCUT2D eigenvalue weighted by atomic mass is 16.5. The number of hydrogen-bond acceptors (Lipinski definition) is 6. The van der Waals surface area contributed by atoms with Gasteiger partial charge in [0, 0.05) is 12.2 Å². The predicted octanol–water partition coefficient (Wildman–Crippen LogP) is 2.09. The topological polar surface area (TPSA) is 76.1 Å². The van der Waals surface area contributed by atoms with Gasteiger partial charge in [-0.05, 0) is 32.9 Å². The van der Waals surface area contributed by atoms with Crippen molar-refractivity contribution >= 4 is 18.1 Å². The van der Waals surface area contributed by atoms with Gasteiger partial charge in [0.1, 0.15) is 19.3 Å². The van der Waals surface area contributed by atoms with Gasteiger partial charge in [0.2, 0.25) is 0 Å². The van der Waals surface area contributed by atoms with Gasteiger partial charge >= 0.3 is 5.97 Å². The fourth-order valence-electron chi connectivity index (χ4n) is 1.69. The molecule has 0 saturated heterocycles. The fraction of sp³-hybridized carbons (Fsp3) is 0.444. The second-order valence-corrected chi connectivity index (χ2v) is 5.58. The SMILES string of the molecule is C=C(C)C.COC(=O)CN(CC(O)COC=O)c1ccc(C)cc1. The summed E-state index contributed by atoms with van der Waals surface area (Å²) in [5.74, 6) is -0.408. The number of carbonyl (C=O) groups is 2. The number of allylic oxidation sites excluding steroid dienone is 1. The van der Waals surface area contributed by atoms with E-state index in [1.807, 2.05) is 45.0 Å². The molecule has 0 fully saturated rings. The first-order valence-corrected chi connectivity index (χ1v) is 7.54. The Hall–Kier alpha value is -2.34. The first-order valence-electron chi connectivity index (χ1n) is 7.54. The minimum absolute atomic E-state index is 0.0116. The average molecular weight is 337 g/mol. The minimum Gasteiger partial charge on any atom is -0.468 e. The third-order valence-corrected chi connectivity index (χ3v) is 2.73. The van der Waals surface area contributed by atoms with Crippen molar-refractivity contribution in [2.24, 2.45) is 0 Å². The molecular formula is C18H27NO5. The first-order chi connectivity index (χ1) is 11.3. The molecule has 0 heterocycles. The Morgan fingerprint density at radius 2 is 1.88 bits per heavy atom. The van der Waals surface area contributed by atoms with Crippen LogP contribution < -0.4 is 4.90 Å². The van der Waals surface area contributed by atoms with Crippen LogP contribution in [0.15, 0.2) is 36.4 Å². The second-order valence-electron chi connectivity index (χ2n) is 5.58. The summed E-state index contributed by atoms with van der Waals surface area (Å²) in [4.78, 5) is 23.2. The summed E-state index contributed by atoms with van der Waals surface area (Å²) in [6.07, 6.45) is -0.883. The van der Waals surface area contributed by atoms with Crippen molar-refractivity contribution in [1.82, 2.24) is 0 Å². The lowest BCUT2D eigenvalue weighted by Gasteiger charge is -2.26. The molecule has 0 spiro atoms. The molecule has 134 valence electrons. The van der Waals surface area contributed by atoms with E-state index in [1.165, 1.54) is 12.7 Å². The van der Waals surface area contributed by atoms with Crippen LogP contribution in [0, 0.1) is 6.92 Å². The van der Waals surface area contributed by atoms with E-state index in [9.17, 15) is 14.7 Å². The van der Waals surface area contributed by atoms with E-state index < -0.39 is 12.1 Å². The van der Waals surface area contributed by atoms with E-state index in [1.54, 1.807) is 4.90 Å². The van der Waals surface area contributed by atoms with E-state index in [-0.39, 0.29) is 26.2 Å².